The van der Waals surface area contributed by atoms with Crippen molar-refractivity contribution < 1.29 is 9.32 Å². The summed E-state index contributed by atoms with van der Waals surface area (Å²) in [4.78, 5) is 20.2. The standard InChI is InChI=1S/C28H37N5O2/c1-28(2,3)17-24-25-21(16-22(19-12-13-19)29-26(25)35-32-24)27(34)33(4)14-8-11-20-15-23(31-30-20)18-9-6-5-7-10-18/h5-7,9-10,16,19-20,23,30-31H,8,11-15,17H2,1-4H3. The summed E-state index contributed by atoms with van der Waals surface area (Å²) in [7, 11) is 1.90. The zero-order valence-electron chi connectivity index (χ0n) is 21.3. The van der Waals surface area contributed by atoms with Crippen molar-refractivity contribution in [3.63, 3.8) is 0 Å². The van der Waals surface area contributed by atoms with Crippen LogP contribution in [-0.4, -0.2) is 40.6 Å². The Hall–Kier alpha value is -2.77. The molecule has 2 fully saturated rings. The highest BCUT2D eigenvalue weighted by Gasteiger charge is 2.31. The fourth-order valence-corrected chi connectivity index (χ4v) is 5.01. The molecule has 2 unspecified atom stereocenters. The Balaban J connectivity index is 1.25. The number of fused-ring (bicyclic) bond motifs is 1. The van der Waals surface area contributed by atoms with Crippen LogP contribution in [0.2, 0.25) is 0 Å². The van der Waals surface area contributed by atoms with Gasteiger partial charge in [0.05, 0.1) is 16.6 Å². The molecule has 0 bridgehead atoms. The number of carbonyl (C=O) groups is 1. The van der Waals surface area contributed by atoms with Gasteiger partial charge in [-0.3, -0.25) is 15.6 Å². The topological polar surface area (TPSA) is 83.3 Å². The Morgan fingerprint density at radius 3 is 2.66 bits per heavy atom. The summed E-state index contributed by atoms with van der Waals surface area (Å²) in [5.74, 6) is 0.461. The van der Waals surface area contributed by atoms with Crippen molar-refractivity contribution in [3.8, 4) is 0 Å². The summed E-state index contributed by atoms with van der Waals surface area (Å²) < 4.78 is 5.63. The molecule has 3 aromatic rings. The highest BCUT2D eigenvalue weighted by molar-refractivity contribution is 6.06. The Kier molecular flexibility index (Phi) is 6.64. The van der Waals surface area contributed by atoms with Gasteiger partial charge in [0.2, 0.25) is 0 Å². The van der Waals surface area contributed by atoms with Crippen molar-refractivity contribution in [1.29, 1.82) is 0 Å². The van der Waals surface area contributed by atoms with Crippen LogP contribution in [0, 0.1) is 5.41 Å². The number of hydrazine groups is 1. The zero-order valence-corrected chi connectivity index (χ0v) is 21.3. The van der Waals surface area contributed by atoms with E-state index in [1.54, 1.807) is 0 Å². The summed E-state index contributed by atoms with van der Waals surface area (Å²) in [6.07, 6.45) is 5.97. The van der Waals surface area contributed by atoms with Gasteiger partial charge in [-0.1, -0.05) is 56.3 Å². The van der Waals surface area contributed by atoms with E-state index in [1.165, 1.54) is 5.56 Å². The van der Waals surface area contributed by atoms with Gasteiger partial charge in [0, 0.05) is 37.3 Å². The van der Waals surface area contributed by atoms with Crippen LogP contribution in [0.5, 0.6) is 0 Å². The number of carbonyl (C=O) groups excluding carboxylic acids is 1. The predicted molar refractivity (Wildman–Crippen MR) is 137 cm³/mol. The number of hydrogen-bond donors (Lipinski definition) is 2. The van der Waals surface area contributed by atoms with E-state index in [9.17, 15) is 4.79 Å². The smallest absolute Gasteiger partial charge is 0.259 e. The van der Waals surface area contributed by atoms with Gasteiger partial charge < -0.3 is 9.42 Å². The van der Waals surface area contributed by atoms with Gasteiger partial charge in [-0.05, 0) is 55.6 Å². The minimum Gasteiger partial charge on any atom is -0.342 e. The molecule has 1 aliphatic carbocycles. The van der Waals surface area contributed by atoms with Crippen LogP contribution in [-0.2, 0) is 6.42 Å². The van der Waals surface area contributed by atoms with Gasteiger partial charge in [0.15, 0.2) is 0 Å². The van der Waals surface area contributed by atoms with Crippen molar-refractivity contribution in [2.75, 3.05) is 13.6 Å². The number of pyridine rings is 1. The van der Waals surface area contributed by atoms with E-state index >= 15 is 0 Å². The number of hydrogen-bond acceptors (Lipinski definition) is 6. The monoisotopic (exact) mass is 475 g/mol. The fraction of sp³-hybridized carbons (Fsp3) is 0.536. The second kappa shape index (κ2) is 9.70. The fourth-order valence-electron chi connectivity index (χ4n) is 5.01. The van der Waals surface area contributed by atoms with E-state index in [4.69, 9.17) is 9.51 Å². The third-order valence-electron chi connectivity index (χ3n) is 7.04. The lowest BCUT2D eigenvalue weighted by atomic mass is 9.89. The van der Waals surface area contributed by atoms with Crippen LogP contribution >= 0.6 is 0 Å². The molecule has 0 radical (unpaired) electrons. The molecule has 2 N–H and O–H groups in total. The molecular weight excluding hydrogens is 438 g/mol. The first-order valence-corrected chi connectivity index (χ1v) is 12.9. The molecule has 7 heteroatoms. The third kappa shape index (κ3) is 5.57. The first-order chi connectivity index (χ1) is 16.8. The Labute approximate surface area is 207 Å². The number of benzene rings is 1. The molecule has 1 amide bonds. The highest BCUT2D eigenvalue weighted by atomic mass is 16.5. The Bertz CT molecular complexity index is 1180. The van der Waals surface area contributed by atoms with Crippen LogP contribution in [0.25, 0.3) is 11.1 Å². The number of rotatable bonds is 8. The molecule has 1 aromatic carbocycles. The van der Waals surface area contributed by atoms with E-state index < -0.39 is 0 Å². The number of nitrogens with zero attached hydrogens (tertiary/aromatic N) is 3. The lowest BCUT2D eigenvalue weighted by Crippen LogP contribution is -2.32. The molecule has 1 saturated carbocycles. The third-order valence-corrected chi connectivity index (χ3v) is 7.04. The highest BCUT2D eigenvalue weighted by Crippen LogP contribution is 2.41. The van der Waals surface area contributed by atoms with Crippen LogP contribution in [0.4, 0.5) is 0 Å². The molecule has 1 aliphatic heterocycles. The van der Waals surface area contributed by atoms with Crippen LogP contribution in [0.1, 0.15) is 92.1 Å². The number of amides is 1. The van der Waals surface area contributed by atoms with Crippen LogP contribution < -0.4 is 10.9 Å². The summed E-state index contributed by atoms with van der Waals surface area (Å²) in [6, 6.07) is 13.3. The summed E-state index contributed by atoms with van der Waals surface area (Å²) >= 11 is 0. The van der Waals surface area contributed by atoms with Gasteiger partial charge in [-0.2, -0.15) is 0 Å². The Morgan fingerprint density at radius 1 is 1.17 bits per heavy atom. The molecule has 186 valence electrons. The molecule has 2 atom stereocenters. The minimum absolute atomic E-state index is 0.0253. The molecule has 2 aromatic heterocycles. The minimum atomic E-state index is 0.0253. The van der Waals surface area contributed by atoms with Gasteiger partial charge in [-0.15, -0.1) is 0 Å². The summed E-state index contributed by atoms with van der Waals surface area (Å²) in [5, 5.41) is 5.11. The average molecular weight is 476 g/mol. The summed E-state index contributed by atoms with van der Waals surface area (Å²) in [6.45, 7) is 7.21. The van der Waals surface area contributed by atoms with E-state index in [1.807, 2.05) is 24.1 Å². The van der Waals surface area contributed by atoms with Crippen LogP contribution in [0.15, 0.2) is 40.9 Å². The van der Waals surface area contributed by atoms with Crippen LogP contribution in [0.3, 0.4) is 0 Å². The average Bonchev–Trinajstić information content (AvgIpc) is 3.46. The lowest BCUT2D eigenvalue weighted by molar-refractivity contribution is 0.0793. The lowest BCUT2D eigenvalue weighted by Gasteiger charge is -2.20. The van der Waals surface area contributed by atoms with Crippen molar-refractivity contribution >= 4 is 17.0 Å². The summed E-state index contributed by atoms with van der Waals surface area (Å²) in [5.41, 5.74) is 11.2. The van der Waals surface area contributed by atoms with E-state index in [2.05, 4.69) is 61.0 Å². The van der Waals surface area contributed by atoms with E-state index in [-0.39, 0.29) is 11.3 Å². The zero-order chi connectivity index (χ0) is 24.6. The maximum Gasteiger partial charge on any atom is 0.259 e. The van der Waals surface area contributed by atoms with E-state index in [0.717, 1.165) is 55.3 Å². The van der Waals surface area contributed by atoms with Crippen molar-refractivity contribution in [2.45, 2.75) is 77.3 Å². The largest absolute Gasteiger partial charge is 0.342 e. The maximum atomic E-state index is 13.6. The molecule has 0 spiro atoms. The van der Waals surface area contributed by atoms with Crippen molar-refractivity contribution in [1.82, 2.24) is 25.9 Å². The normalized spacial score (nSPS) is 20.5. The molecule has 3 heterocycles. The van der Waals surface area contributed by atoms with Gasteiger partial charge in [0.25, 0.3) is 11.6 Å². The SMILES string of the molecule is CN(CCCC1CC(c2ccccc2)NN1)C(=O)c1cc(C2CC2)nc2onc(CC(C)(C)C)c12. The molecule has 1 saturated heterocycles. The van der Waals surface area contributed by atoms with Gasteiger partial charge >= 0.3 is 0 Å². The number of aromatic nitrogens is 2. The first-order valence-electron chi connectivity index (χ1n) is 12.9. The second-order valence-electron chi connectivity index (χ2n) is 11.5. The molecule has 7 nitrogen and oxygen atoms in total. The quantitative estimate of drug-likeness (QED) is 0.469. The molecule has 35 heavy (non-hydrogen) atoms. The van der Waals surface area contributed by atoms with Gasteiger partial charge in [0.1, 0.15) is 0 Å². The molecule has 5 rings (SSSR count). The molecular formula is C28H37N5O2. The van der Waals surface area contributed by atoms with Crippen molar-refractivity contribution in [3.05, 3.63) is 58.9 Å². The number of nitrogens with one attached hydrogen (secondary N) is 2. The van der Waals surface area contributed by atoms with Crippen molar-refractivity contribution in [2.24, 2.45) is 5.41 Å². The molecule has 2 aliphatic rings. The maximum absolute atomic E-state index is 13.6. The second-order valence-corrected chi connectivity index (χ2v) is 11.5. The predicted octanol–water partition coefficient (Wildman–Crippen LogP) is 5.15. The van der Waals surface area contributed by atoms with Gasteiger partial charge in [-0.25, -0.2) is 4.98 Å². The Morgan fingerprint density at radius 2 is 1.94 bits per heavy atom. The van der Waals surface area contributed by atoms with E-state index in [0.29, 0.717) is 35.8 Å². The first kappa shape index (κ1) is 23.9.